The van der Waals surface area contributed by atoms with Crippen LogP contribution >= 0.6 is 0 Å². The number of halogens is 1. The highest BCUT2D eigenvalue weighted by Crippen LogP contribution is 2.30. The molecule has 3 N–H and O–H groups in total. The summed E-state index contributed by atoms with van der Waals surface area (Å²) in [6.45, 7) is 1.80. The standard InChI is InChI=1S/C14H13FN2O2/c1-9-5-4-6-10(14(16)17-18)13(9)19-12-8-3-2-7-11(12)15/h2-8,18H,1H3,(H2,16,17). The topological polar surface area (TPSA) is 67.8 Å². The molecule has 0 atom stereocenters. The molecule has 0 heterocycles. The Kier molecular flexibility index (Phi) is 3.66. The van der Waals surface area contributed by atoms with E-state index in [1.807, 2.05) is 0 Å². The highest BCUT2D eigenvalue weighted by Gasteiger charge is 2.13. The van der Waals surface area contributed by atoms with Crippen molar-refractivity contribution in [3.63, 3.8) is 0 Å². The van der Waals surface area contributed by atoms with Gasteiger partial charge in [-0.25, -0.2) is 4.39 Å². The van der Waals surface area contributed by atoms with Gasteiger partial charge in [0.05, 0.1) is 5.56 Å². The van der Waals surface area contributed by atoms with Crippen LogP contribution < -0.4 is 10.5 Å². The number of nitrogens with zero attached hydrogens (tertiary/aromatic N) is 1. The van der Waals surface area contributed by atoms with E-state index in [0.717, 1.165) is 5.56 Å². The zero-order chi connectivity index (χ0) is 13.8. The predicted octanol–water partition coefficient (Wildman–Crippen LogP) is 3.02. The summed E-state index contributed by atoms with van der Waals surface area (Å²) in [6.07, 6.45) is 0. The Balaban J connectivity index is 2.48. The second-order valence-electron chi connectivity index (χ2n) is 3.97. The summed E-state index contributed by atoms with van der Waals surface area (Å²) in [4.78, 5) is 0. The number of hydrogen-bond donors (Lipinski definition) is 2. The van der Waals surface area contributed by atoms with Crippen LogP contribution in [0.2, 0.25) is 0 Å². The van der Waals surface area contributed by atoms with E-state index in [4.69, 9.17) is 15.7 Å². The third kappa shape index (κ3) is 2.65. The molecule has 2 aromatic rings. The van der Waals surface area contributed by atoms with Crippen molar-refractivity contribution in [3.05, 3.63) is 59.4 Å². The minimum atomic E-state index is -0.476. The molecule has 19 heavy (non-hydrogen) atoms. The third-order valence-corrected chi connectivity index (χ3v) is 2.64. The predicted molar refractivity (Wildman–Crippen MR) is 70.2 cm³/mol. The van der Waals surface area contributed by atoms with Crippen LogP contribution in [-0.4, -0.2) is 11.0 Å². The number of benzene rings is 2. The minimum Gasteiger partial charge on any atom is -0.453 e. The van der Waals surface area contributed by atoms with Gasteiger partial charge in [0.15, 0.2) is 17.4 Å². The van der Waals surface area contributed by atoms with Gasteiger partial charge in [-0.05, 0) is 30.7 Å². The van der Waals surface area contributed by atoms with Crippen LogP contribution in [0.15, 0.2) is 47.6 Å². The lowest BCUT2D eigenvalue weighted by Gasteiger charge is -2.13. The highest BCUT2D eigenvalue weighted by molar-refractivity contribution is 6.00. The number of rotatable bonds is 3. The molecule has 0 amide bonds. The lowest BCUT2D eigenvalue weighted by Crippen LogP contribution is -2.14. The molecule has 0 saturated carbocycles. The van der Waals surface area contributed by atoms with Crippen molar-refractivity contribution >= 4 is 5.84 Å². The summed E-state index contributed by atoms with van der Waals surface area (Å²) >= 11 is 0. The Bertz CT molecular complexity index is 627. The molecule has 2 rings (SSSR count). The summed E-state index contributed by atoms with van der Waals surface area (Å²) in [5.74, 6) is -0.113. The average molecular weight is 260 g/mol. The first-order chi connectivity index (χ1) is 9.13. The number of para-hydroxylation sites is 2. The van der Waals surface area contributed by atoms with Crippen LogP contribution in [0.1, 0.15) is 11.1 Å². The quantitative estimate of drug-likeness (QED) is 0.386. The molecule has 98 valence electrons. The molecule has 0 spiro atoms. The van der Waals surface area contributed by atoms with Gasteiger partial charge in [0, 0.05) is 0 Å². The van der Waals surface area contributed by atoms with E-state index in [1.165, 1.54) is 12.1 Å². The van der Waals surface area contributed by atoms with Crippen molar-refractivity contribution in [2.75, 3.05) is 0 Å². The lowest BCUT2D eigenvalue weighted by atomic mass is 10.1. The van der Waals surface area contributed by atoms with Crippen molar-refractivity contribution in [1.82, 2.24) is 0 Å². The summed E-state index contributed by atoms with van der Waals surface area (Å²) in [7, 11) is 0. The maximum Gasteiger partial charge on any atom is 0.173 e. The molecular weight excluding hydrogens is 247 g/mol. The molecule has 2 aromatic carbocycles. The van der Waals surface area contributed by atoms with Crippen LogP contribution in [0.5, 0.6) is 11.5 Å². The van der Waals surface area contributed by atoms with Crippen molar-refractivity contribution in [1.29, 1.82) is 0 Å². The third-order valence-electron chi connectivity index (χ3n) is 2.64. The fourth-order valence-corrected chi connectivity index (χ4v) is 1.68. The van der Waals surface area contributed by atoms with Gasteiger partial charge in [-0.3, -0.25) is 0 Å². The van der Waals surface area contributed by atoms with Crippen LogP contribution in [0.3, 0.4) is 0 Å². The van der Waals surface area contributed by atoms with Gasteiger partial charge in [-0.15, -0.1) is 0 Å². The van der Waals surface area contributed by atoms with Crippen LogP contribution in [0.4, 0.5) is 4.39 Å². The summed E-state index contributed by atoms with van der Waals surface area (Å²) in [5.41, 5.74) is 6.75. The van der Waals surface area contributed by atoms with Gasteiger partial charge >= 0.3 is 0 Å². The van der Waals surface area contributed by atoms with E-state index in [0.29, 0.717) is 11.3 Å². The van der Waals surface area contributed by atoms with Crippen LogP contribution in [0, 0.1) is 12.7 Å². The summed E-state index contributed by atoms with van der Waals surface area (Å²) in [6, 6.07) is 11.2. The molecule has 0 saturated heterocycles. The van der Waals surface area contributed by atoms with Crippen molar-refractivity contribution in [2.24, 2.45) is 10.9 Å². The van der Waals surface area contributed by atoms with E-state index in [2.05, 4.69) is 5.16 Å². The Morgan fingerprint density at radius 1 is 1.21 bits per heavy atom. The molecule has 0 aromatic heterocycles. The molecule has 0 aliphatic heterocycles. The Labute approximate surface area is 109 Å². The Morgan fingerprint density at radius 2 is 1.95 bits per heavy atom. The number of aryl methyl sites for hydroxylation is 1. The van der Waals surface area contributed by atoms with E-state index in [1.54, 1.807) is 37.3 Å². The number of ether oxygens (including phenoxy) is 1. The first-order valence-corrected chi connectivity index (χ1v) is 5.63. The summed E-state index contributed by atoms with van der Waals surface area (Å²) in [5, 5.41) is 11.7. The van der Waals surface area contributed by atoms with Gasteiger partial charge in [0.1, 0.15) is 5.75 Å². The van der Waals surface area contributed by atoms with Gasteiger partial charge in [0.2, 0.25) is 0 Å². The normalized spacial score (nSPS) is 11.4. The molecule has 5 heteroatoms. The number of amidine groups is 1. The van der Waals surface area contributed by atoms with Crippen molar-refractivity contribution in [3.8, 4) is 11.5 Å². The van der Waals surface area contributed by atoms with E-state index >= 15 is 0 Å². The zero-order valence-corrected chi connectivity index (χ0v) is 10.3. The van der Waals surface area contributed by atoms with Crippen molar-refractivity contribution < 1.29 is 14.3 Å². The van der Waals surface area contributed by atoms with Gasteiger partial charge in [-0.1, -0.05) is 29.4 Å². The van der Waals surface area contributed by atoms with E-state index in [9.17, 15) is 4.39 Å². The summed E-state index contributed by atoms with van der Waals surface area (Å²) < 4.78 is 19.1. The van der Waals surface area contributed by atoms with Crippen LogP contribution in [0.25, 0.3) is 0 Å². The van der Waals surface area contributed by atoms with E-state index in [-0.39, 0.29) is 11.6 Å². The molecule has 0 aliphatic rings. The molecule has 0 unspecified atom stereocenters. The number of oxime groups is 1. The largest absolute Gasteiger partial charge is 0.453 e. The van der Waals surface area contributed by atoms with Gasteiger partial charge < -0.3 is 15.7 Å². The fraction of sp³-hybridized carbons (Fsp3) is 0.0714. The second kappa shape index (κ2) is 5.39. The lowest BCUT2D eigenvalue weighted by molar-refractivity contribution is 0.318. The fourth-order valence-electron chi connectivity index (χ4n) is 1.68. The maximum atomic E-state index is 13.6. The maximum absolute atomic E-state index is 13.6. The molecule has 0 fully saturated rings. The number of nitrogens with two attached hydrogens (primary N) is 1. The Morgan fingerprint density at radius 3 is 2.63 bits per heavy atom. The van der Waals surface area contributed by atoms with Gasteiger partial charge in [0.25, 0.3) is 0 Å². The zero-order valence-electron chi connectivity index (χ0n) is 10.3. The number of hydrogen-bond acceptors (Lipinski definition) is 3. The first kappa shape index (κ1) is 12.9. The second-order valence-corrected chi connectivity index (χ2v) is 3.97. The molecule has 0 bridgehead atoms. The average Bonchev–Trinajstić information content (AvgIpc) is 2.42. The van der Waals surface area contributed by atoms with E-state index < -0.39 is 5.82 Å². The Hall–Kier alpha value is -2.56. The van der Waals surface area contributed by atoms with Crippen molar-refractivity contribution in [2.45, 2.75) is 6.92 Å². The smallest absolute Gasteiger partial charge is 0.173 e. The molecule has 0 radical (unpaired) electrons. The van der Waals surface area contributed by atoms with Gasteiger partial charge in [-0.2, -0.15) is 0 Å². The first-order valence-electron chi connectivity index (χ1n) is 5.63. The monoisotopic (exact) mass is 260 g/mol. The minimum absolute atomic E-state index is 0.0868. The molecule has 4 nitrogen and oxygen atoms in total. The SMILES string of the molecule is Cc1cccc(/C(N)=N/O)c1Oc1ccccc1F. The molecule has 0 aliphatic carbocycles. The highest BCUT2D eigenvalue weighted by atomic mass is 19.1. The molecular formula is C14H13FN2O2. The van der Waals surface area contributed by atoms with Crippen LogP contribution in [-0.2, 0) is 0 Å².